The highest BCUT2D eigenvalue weighted by molar-refractivity contribution is 7.80. The first-order chi connectivity index (χ1) is 13.3. The Morgan fingerprint density at radius 2 is 2.04 bits per heavy atom. The molecule has 5 rings (SSSR count). The zero-order valence-electron chi connectivity index (χ0n) is 14.4. The summed E-state index contributed by atoms with van der Waals surface area (Å²) in [5.41, 5.74) is 3.65. The summed E-state index contributed by atoms with van der Waals surface area (Å²) >= 11 is 6.35. The topological polar surface area (TPSA) is 66.9 Å². The van der Waals surface area contributed by atoms with E-state index in [1.807, 2.05) is 24.4 Å². The molecule has 5 heterocycles. The smallest absolute Gasteiger partial charge is 0.130 e. The molecule has 4 aromatic rings. The van der Waals surface area contributed by atoms with Crippen LogP contribution in [0.15, 0.2) is 46.9 Å². The van der Waals surface area contributed by atoms with Crippen LogP contribution in [0.4, 0.5) is 5.82 Å². The highest BCUT2D eigenvalue weighted by atomic mass is 32.1. The minimum atomic E-state index is 0.715. The highest BCUT2D eigenvalue weighted by Crippen LogP contribution is 2.39. The van der Waals surface area contributed by atoms with Gasteiger partial charge in [0.15, 0.2) is 0 Å². The maximum absolute atomic E-state index is 5.51. The van der Waals surface area contributed by atoms with Gasteiger partial charge in [0.05, 0.1) is 18.9 Å². The SMILES string of the molecule is Sc1ccsc1-c1cc(N2CCOCC2)nc2c(-c3ccn[nH]3)nccc12. The molecule has 136 valence electrons. The number of thiol groups is 1. The van der Waals surface area contributed by atoms with Crippen molar-refractivity contribution >= 4 is 40.7 Å². The van der Waals surface area contributed by atoms with E-state index in [2.05, 4.69) is 44.2 Å². The molecule has 1 saturated heterocycles. The average Bonchev–Trinajstić information content (AvgIpc) is 3.39. The Morgan fingerprint density at radius 3 is 2.78 bits per heavy atom. The first-order valence-corrected chi connectivity index (χ1v) is 10.0. The number of ether oxygens (including phenoxy) is 1. The number of fused-ring (bicyclic) bond motifs is 1. The summed E-state index contributed by atoms with van der Waals surface area (Å²) < 4.78 is 5.51. The molecule has 8 heteroatoms. The van der Waals surface area contributed by atoms with Crippen molar-refractivity contribution in [2.24, 2.45) is 0 Å². The number of rotatable bonds is 3. The van der Waals surface area contributed by atoms with Gasteiger partial charge in [-0.15, -0.1) is 24.0 Å². The number of thiophene rings is 1. The van der Waals surface area contributed by atoms with Crippen molar-refractivity contribution in [3.8, 4) is 21.8 Å². The third kappa shape index (κ3) is 2.99. The lowest BCUT2D eigenvalue weighted by atomic mass is 10.1. The van der Waals surface area contributed by atoms with Crippen molar-refractivity contribution in [3.63, 3.8) is 0 Å². The number of pyridine rings is 2. The summed E-state index contributed by atoms with van der Waals surface area (Å²) in [7, 11) is 0. The van der Waals surface area contributed by atoms with Gasteiger partial charge in [-0.2, -0.15) is 5.10 Å². The molecule has 0 aliphatic carbocycles. The minimum Gasteiger partial charge on any atom is -0.378 e. The molecule has 0 saturated carbocycles. The fourth-order valence-corrected chi connectivity index (χ4v) is 4.65. The van der Waals surface area contributed by atoms with Gasteiger partial charge < -0.3 is 9.64 Å². The summed E-state index contributed by atoms with van der Waals surface area (Å²) in [5, 5.41) is 10.2. The summed E-state index contributed by atoms with van der Waals surface area (Å²) in [6, 6.07) is 8.13. The second-order valence-corrected chi connectivity index (χ2v) is 7.69. The van der Waals surface area contributed by atoms with E-state index in [1.54, 1.807) is 17.5 Å². The molecule has 0 aromatic carbocycles. The van der Waals surface area contributed by atoms with E-state index < -0.39 is 0 Å². The van der Waals surface area contributed by atoms with E-state index in [4.69, 9.17) is 9.72 Å². The Hall–Kier alpha value is -2.42. The Kier molecular flexibility index (Phi) is 4.31. The quantitative estimate of drug-likeness (QED) is 0.516. The Balaban J connectivity index is 1.79. The number of hydrogen-bond acceptors (Lipinski definition) is 7. The van der Waals surface area contributed by atoms with Crippen molar-refractivity contribution in [1.29, 1.82) is 0 Å². The van der Waals surface area contributed by atoms with E-state index in [9.17, 15) is 0 Å². The van der Waals surface area contributed by atoms with Crippen LogP contribution in [0.1, 0.15) is 0 Å². The lowest BCUT2D eigenvalue weighted by molar-refractivity contribution is 0.122. The van der Waals surface area contributed by atoms with Crippen LogP contribution >= 0.6 is 24.0 Å². The van der Waals surface area contributed by atoms with Gasteiger partial charge in [-0.1, -0.05) is 0 Å². The van der Waals surface area contributed by atoms with Gasteiger partial charge in [0.2, 0.25) is 0 Å². The molecular weight excluding hydrogens is 378 g/mol. The molecule has 1 fully saturated rings. The van der Waals surface area contributed by atoms with Gasteiger partial charge >= 0.3 is 0 Å². The van der Waals surface area contributed by atoms with Crippen molar-refractivity contribution in [3.05, 3.63) is 42.0 Å². The van der Waals surface area contributed by atoms with Crippen molar-refractivity contribution < 1.29 is 4.74 Å². The Morgan fingerprint density at radius 1 is 1.15 bits per heavy atom. The predicted molar refractivity (Wildman–Crippen MR) is 111 cm³/mol. The Bertz CT molecular complexity index is 1090. The third-order valence-electron chi connectivity index (χ3n) is 4.69. The molecule has 6 nitrogen and oxygen atoms in total. The molecule has 4 aromatic heterocycles. The molecular formula is C19H17N5OS2. The lowest BCUT2D eigenvalue weighted by Gasteiger charge is -2.28. The number of hydrogen-bond donors (Lipinski definition) is 2. The van der Waals surface area contributed by atoms with Crippen LogP contribution in [0.25, 0.3) is 32.7 Å². The number of aromatic amines is 1. The number of morpholine rings is 1. The summed E-state index contributed by atoms with van der Waals surface area (Å²) in [5.74, 6) is 0.940. The Labute approximate surface area is 165 Å². The number of nitrogens with one attached hydrogen (secondary N) is 1. The number of aromatic nitrogens is 4. The molecule has 0 bridgehead atoms. The van der Waals surface area contributed by atoms with Crippen LogP contribution in [-0.4, -0.2) is 46.5 Å². The highest BCUT2D eigenvalue weighted by Gasteiger charge is 2.19. The fourth-order valence-electron chi connectivity index (χ4n) is 3.37. The predicted octanol–water partition coefficient (Wildman–Crippen LogP) is 3.87. The molecule has 0 unspecified atom stereocenters. The van der Waals surface area contributed by atoms with Gasteiger partial charge in [0, 0.05) is 46.2 Å². The largest absolute Gasteiger partial charge is 0.378 e. The number of H-pyrrole nitrogens is 1. The first kappa shape index (κ1) is 16.7. The van der Waals surface area contributed by atoms with E-state index in [1.165, 1.54) is 0 Å². The first-order valence-electron chi connectivity index (χ1n) is 8.70. The van der Waals surface area contributed by atoms with Gasteiger partial charge in [-0.3, -0.25) is 10.1 Å². The molecule has 27 heavy (non-hydrogen) atoms. The van der Waals surface area contributed by atoms with Crippen LogP contribution in [0.3, 0.4) is 0 Å². The zero-order chi connectivity index (χ0) is 18.2. The number of anilines is 1. The van der Waals surface area contributed by atoms with Crippen molar-refractivity contribution in [2.75, 3.05) is 31.2 Å². The standard InChI is InChI=1S/C19H17N5OS2/c26-15-3-10-27-19(15)13-11-16(24-6-8-25-9-7-24)22-17-12(13)1-4-20-18(17)14-2-5-21-23-14/h1-5,10-11,26H,6-9H2,(H,21,23). The van der Waals surface area contributed by atoms with Crippen LogP contribution < -0.4 is 4.90 Å². The average molecular weight is 396 g/mol. The van der Waals surface area contributed by atoms with E-state index in [-0.39, 0.29) is 0 Å². The molecule has 0 spiro atoms. The summed E-state index contributed by atoms with van der Waals surface area (Å²) in [6.45, 7) is 3.09. The van der Waals surface area contributed by atoms with Crippen LogP contribution in [0.2, 0.25) is 0 Å². The number of nitrogens with zero attached hydrogens (tertiary/aromatic N) is 4. The minimum absolute atomic E-state index is 0.715. The van der Waals surface area contributed by atoms with Crippen molar-refractivity contribution in [2.45, 2.75) is 4.90 Å². The van der Waals surface area contributed by atoms with E-state index in [0.717, 1.165) is 56.5 Å². The third-order valence-corrected chi connectivity index (χ3v) is 6.17. The van der Waals surface area contributed by atoms with Crippen LogP contribution in [0.5, 0.6) is 0 Å². The van der Waals surface area contributed by atoms with Gasteiger partial charge in [-0.25, -0.2) is 4.98 Å². The lowest BCUT2D eigenvalue weighted by Crippen LogP contribution is -2.36. The molecule has 1 aliphatic heterocycles. The van der Waals surface area contributed by atoms with Crippen LogP contribution in [0, 0.1) is 0 Å². The second-order valence-electron chi connectivity index (χ2n) is 6.29. The van der Waals surface area contributed by atoms with Gasteiger partial charge in [0.1, 0.15) is 17.0 Å². The molecule has 1 aliphatic rings. The fraction of sp³-hybridized carbons (Fsp3) is 0.211. The van der Waals surface area contributed by atoms with E-state index in [0.29, 0.717) is 13.2 Å². The maximum atomic E-state index is 5.51. The molecule has 1 N–H and O–H groups in total. The van der Waals surface area contributed by atoms with E-state index >= 15 is 0 Å². The van der Waals surface area contributed by atoms with Gasteiger partial charge in [-0.05, 0) is 29.6 Å². The normalized spacial score (nSPS) is 14.8. The summed E-state index contributed by atoms with van der Waals surface area (Å²) in [4.78, 5) is 14.0. The zero-order valence-corrected chi connectivity index (χ0v) is 16.1. The van der Waals surface area contributed by atoms with Crippen molar-refractivity contribution in [1.82, 2.24) is 20.2 Å². The maximum Gasteiger partial charge on any atom is 0.130 e. The van der Waals surface area contributed by atoms with Gasteiger partial charge in [0.25, 0.3) is 0 Å². The monoisotopic (exact) mass is 395 g/mol. The summed E-state index contributed by atoms with van der Waals surface area (Å²) in [6.07, 6.45) is 3.55. The molecule has 0 atom stereocenters. The molecule has 0 radical (unpaired) electrons. The molecule has 0 amide bonds. The second kappa shape index (κ2) is 6.95. The van der Waals surface area contributed by atoms with Crippen LogP contribution in [-0.2, 0) is 4.74 Å².